The van der Waals surface area contributed by atoms with Crippen LogP contribution in [0.25, 0.3) is 0 Å². The molecule has 0 spiro atoms. The first kappa shape index (κ1) is 13.9. The van der Waals surface area contributed by atoms with Crippen molar-refractivity contribution in [3.63, 3.8) is 0 Å². The van der Waals surface area contributed by atoms with E-state index in [4.69, 9.17) is 0 Å². The number of rotatable bonds is 5. The van der Waals surface area contributed by atoms with E-state index in [-0.39, 0.29) is 23.6 Å². The molecule has 0 saturated carbocycles. The average Bonchev–Trinajstić information content (AvgIpc) is 2.86. The van der Waals surface area contributed by atoms with E-state index in [9.17, 15) is 9.59 Å². The van der Waals surface area contributed by atoms with Crippen molar-refractivity contribution >= 4 is 23.6 Å². The predicted octanol–water partition coefficient (Wildman–Crippen LogP) is 1.35. The van der Waals surface area contributed by atoms with E-state index in [1.807, 2.05) is 31.2 Å². The third kappa shape index (κ3) is 3.73. The lowest BCUT2D eigenvalue weighted by atomic mass is 10.1. The Balaban J connectivity index is 1.78. The smallest absolute Gasteiger partial charge is 0.239 e. The van der Waals surface area contributed by atoms with Gasteiger partial charge in [0.25, 0.3) is 0 Å². The third-order valence-corrected chi connectivity index (χ3v) is 4.25. The molecule has 0 fully saturated rings. The van der Waals surface area contributed by atoms with E-state index >= 15 is 0 Å². The molecule has 2 amide bonds. The molecule has 1 aromatic rings. The maximum atomic E-state index is 12.0. The second kappa shape index (κ2) is 6.61. The highest BCUT2D eigenvalue weighted by Gasteiger charge is 2.27. The fourth-order valence-electron chi connectivity index (χ4n) is 1.94. The van der Waals surface area contributed by atoms with E-state index in [0.29, 0.717) is 6.54 Å². The zero-order valence-electron chi connectivity index (χ0n) is 10.9. The summed E-state index contributed by atoms with van der Waals surface area (Å²) in [6, 6.07) is 8.03. The molecule has 1 aromatic carbocycles. The molecule has 1 heterocycles. The molecule has 19 heavy (non-hydrogen) atoms. The molecule has 1 aliphatic heterocycles. The number of carbonyl (C=O) groups is 2. The van der Waals surface area contributed by atoms with Crippen LogP contribution in [0, 0.1) is 0 Å². The highest BCUT2D eigenvalue weighted by molar-refractivity contribution is 8.01. The standard InChI is InChI=1S/C14H18N2O2S/c1-2-7-15-13(17)9-16-14(18)12-8-10-5-3-4-6-11(10)19-12/h3-6,12H,2,7-9H2,1H3,(H,15,17)(H,16,18). The normalized spacial score (nSPS) is 16.8. The van der Waals surface area contributed by atoms with Crippen LogP contribution in [-0.2, 0) is 16.0 Å². The largest absolute Gasteiger partial charge is 0.355 e. The minimum atomic E-state index is -0.129. The van der Waals surface area contributed by atoms with Crippen molar-refractivity contribution in [3.8, 4) is 0 Å². The van der Waals surface area contributed by atoms with Crippen molar-refractivity contribution in [1.29, 1.82) is 0 Å². The Kier molecular flexibility index (Phi) is 4.85. The minimum Gasteiger partial charge on any atom is -0.355 e. The molecule has 0 bridgehead atoms. The van der Waals surface area contributed by atoms with Gasteiger partial charge in [-0.3, -0.25) is 9.59 Å². The number of hydrogen-bond donors (Lipinski definition) is 2. The van der Waals surface area contributed by atoms with Crippen LogP contribution in [0.3, 0.4) is 0 Å². The Bertz CT molecular complexity index is 451. The highest BCUT2D eigenvalue weighted by Crippen LogP contribution is 2.36. The summed E-state index contributed by atoms with van der Waals surface area (Å²) in [4.78, 5) is 24.6. The number of thioether (sulfide) groups is 1. The van der Waals surface area contributed by atoms with Crippen molar-refractivity contribution in [3.05, 3.63) is 29.8 Å². The first-order chi connectivity index (χ1) is 9.20. The molecule has 5 heteroatoms. The molecule has 0 radical (unpaired) electrons. The van der Waals surface area contributed by atoms with Gasteiger partial charge >= 0.3 is 0 Å². The molecular formula is C14H18N2O2S. The molecule has 0 aliphatic carbocycles. The molecule has 0 saturated heterocycles. The first-order valence-corrected chi connectivity index (χ1v) is 7.37. The monoisotopic (exact) mass is 278 g/mol. The van der Waals surface area contributed by atoms with Gasteiger partial charge in [-0.2, -0.15) is 0 Å². The number of hydrogen-bond acceptors (Lipinski definition) is 3. The van der Waals surface area contributed by atoms with Gasteiger partial charge in [0, 0.05) is 11.4 Å². The second-order valence-electron chi connectivity index (χ2n) is 4.49. The minimum absolute atomic E-state index is 0.0617. The fraction of sp³-hybridized carbons (Fsp3) is 0.429. The number of carbonyl (C=O) groups excluding carboxylic acids is 2. The molecule has 102 valence electrons. The van der Waals surface area contributed by atoms with Crippen LogP contribution in [0.2, 0.25) is 0 Å². The topological polar surface area (TPSA) is 58.2 Å². The summed E-state index contributed by atoms with van der Waals surface area (Å²) in [6.07, 6.45) is 1.64. The zero-order valence-corrected chi connectivity index (χ0v) is 11.8. The van der Waals surface area contributed by atoms with Crippen molar-refractivity contribution in [2.24, 2.45) is 0 Å². The van der Waals surface area contributed by atoms with Crippen LogP contribution < -0.4 is 10.6 Å². The molecule has 1 aliphatic rings. The lowest BCUT2D eigenvalue weighted by Gasteiger charge is -2.09. The Morgan fingerprint density at radius 3 is 2.84 bits per heavy atom. The number of benzene rings is 1. The third-order valence-electron chi connectivity index (χ3n) is 2.93. The van der Waals surface area contributed by atoms with E-state index in [2.05, 4.69) is 10.6 Å². The maximum absolute atomic E-state index is 12.0. The molecule has 2 rings (SSSR count). The van der Waals surface area contributed by atoms with Gasteiger partial charge in [0.05, 0.1) is 11.8 Å². The van der Waals surface area contributed by atoms with Crippen LogP contribution in [0.5, 0.6) is 0 Å². The molecule has 2 N–H and O–H groups in total. The highest BCUT2D eigenvalue weighted by atomic mass is 32.2. The first-order valence-electron chi connectivity index (χ1n) is 6.49. The Hall–Kier alpha value is -1.49. The van der Waals surface area contributed by atoms with Crippen LogP contribution in [0.15, 0.2) is 29.2 Å². The van der Waals surface area contributed by atoms with Gasteiger partial charge in [-0.05, 0) is 24.5 Å². The molecule has 1 atom stereocenters. The Morgan fingerprint density at radius 1 is 1.32 bits per heavy atom. The molecule has 1 unspecified atom stereocenters. The molecule has 0 aromatic heterocycles. The molecule has 4 nitrogen and oxygen atoms in total. The van der Waals surface area contributed by atoms with Crippen molar-refractivity contribution < 1.29 is 9.59 Å². The summed E-state index contributed by atoms with van der Waals surface area (Å²) in [6.45, 7) is 2.70. The average molecular weight is 278 g/mol. The Labute approximate surface area is 117 Å². The van der Waals surface area contributed by atoms with Crippen LogP contribution in [0.4, 0.5) is 0 Å². The van der Waals surface area contributed by atoms with Gasteiger partial charge in [0.1, 0.15) is 0 Å². The lowest BCUT2D eigenvalue weighted by molar-refractivity contribution is -0.125. The van der Waals surface area contributed by atoms with Crippen molar-refractivity contribution in [2.45, 2.75) is 29.9 Å². The SMILES string of the molecule is CCCNC(=O)CNC(=O)C1Cc2ccccc2S1. The van der Waals surface area contributed by atoms with Gasteiger partial charge in [0.2, 0.25) is 11.8 Å². The quantitative estimate of drug-likeness (QED) is 0.854. The number of nitrogens with one attached hydrogen (secondary N) is 2. The zero-order chi connectivity index (χ0) is 13.7. The van der Waals surface area contributed by atoms with Gasteiger partial charge in [-0.25, -0.2) is 0 Å². The second-order valence-corrected chi connectivity index (χ2v) is 5.73. The summed E-state index contributed by atoms with van der Waals surface area (Å²) in [5.74, 6) is -0.191. The summed E-state index contributed by atoms with van der Waals surface area (Å²) in [5.41, 5.74) is 1.21. The maximum Gasteiger partial charge on any atom is 0.239 e. The van der Waals surface area contributed by atoms with Crippen LogP contribution in [-0.4, -0.2) is 30.2 Å². The van der Waals surface area contributed by atoms with Gasteiger partial charge in [-0.15, -0.1) is 11.8 Å². The Morgan fingerprint density at radius 2 is 2.11 bits per heavy atom. The predicted molar refractivity (Wildman–Crippen MR) is 76.1 cm³/mol. The van der Waals surface area contributed by atoms with E-state index < -0.39 is 0 Å². The summed E-state index contributed by atoms with van der Waals surface area (Å²) < 4.78 is 0. The summed E-state index contributed by atoms with van der Waals surface area (Å²) in [5, 5.41) is 5.32. The summed E-state index contributed by atoms with van der Waals surface area (Å²) in [7, 11) is 0. The van der Waals surface area contributed by atoms with Crippen molar-refractivity contribution in [1.82, 2.24) is 10.6 Å². The lowest BCUT2D eigenvalue weighted by Crippen LogP contribution is -2.40. The van der Waals surface area contributed by atoms with E-state index in [1.54, 1.807) is 11.8 Å². The fourth-order valence-corrected chi connectivity index (χ4v) is 3.16. The number of amides is 2. The van der Waals surface area contributed by atoms with E-state index in [0.717, 1.165) is 17.7 Å². The van der Waals surface area contributed by atoms with E-state index in [1.165, 1.54) is 5.56 Å². The van der Waals surface area contributed by atoms with Gasteiger partial charge in [-0.1, -0.05) is 25.1 Å². The molecular weight excluding hydrogens is 260 g/mol. The van der Waals surface area contributed by atoms with Crippen LogP contribution >= 0.6 is 11.8 Å². The van der Waals surface area contributed by atoms with Crippen LogP contribution in [0.1, 0.15) is 18.9 Å². The summed E-state index contributed by atoms with van der Waals surface area (Å²) >= 11 is 1.57. The van der Waals surface area contributed by atoms with Gasteiger partial charge < -0.3 is 10.6 Å². The van der Waals surface area contributed by atoms with Gasteiger partial charge in [0.15, 0.2) is 0 Å². The number of fused-ring (bicyclic) bond motifs is 1. The van der Waals surface area contributed by atoms with Crippen molar-refractivity contribution in [2.75, 3.05) is 13.1 Å².